The number of rotatable bonds is 1. The van der Waals surface area contributed by atoms with E-state index < -0.39 is 0 Å². The number of likely N-dealkylation sites (tertiary alicyclic amines) is 1. The van der Waals surface area contributed by atoms with Crippen molar-refractivity contribution in [1.82, 2.24) is 20.9 Å². The van der Waals surface area contributed by atoms with Gasteiger partial charge in [0.25, 0.3) is 0 Å². The van der Waals surface area contributed by atoms with E-state index in [0.29, 0.717) is 6.54 Å². The molecule has 0 aromatic heterocycles. The fourth-order valence-electron chi connectivity index (χ4n) is 3.45. The molecular formula is C14H24N4O2. The molecule has 3 fully saturated rings. The van der Waals surface area contributed by atoms with Gasteiger partial charge in [-0.2, -0.15) is 0 Å². The molecule has 3 amide bonds. The molecule has 0 aliphatic carbocycles. The van der Waals surface area contributed by atoms with Crippen molar-refractivity contribution in [3.05, 3.63) is 0 Å². The van der Waals surface area contributed by atoms with E-state index in [1.54, 1.807) is 4.90 Å². The lowest BCUT2D eigenvalue weighted by Gasteiger charge is -2.36. The maximum atomic E-state index is 12.4. The first-order valence-electron chi connectivity index (χ1n) is 7.84. The monoisotopic (exact) mass is 280 g/mol. The summed E-state index contributed by atoms with van der Waals surface area (Å²) in [6.07, 6.45) is 6.36. The predicted molar refractivity (Wildman–Crippen MR) is 75.3 cm³/mol. The van der Waals surface area contributed by atoms with Crippen LogP contribution in [0.25, 0.3) is 0 Å². The van der Waals surface area contributed by atoms with Gasteiger partial charge in [-0.3, -0.25) is 4.79 Å². The number of carbonyl (C=O) groups excluding carboxylic acids is 2. The molecule has 0 saturated carbocycles. The highest BCUT2D eigenvalue weighted by Crippen LogP contribution is 2.25. The van der Waals surface area contributed by atoms with Crippen molar-refractivity contribution >= 4 is 11.9 Å². The number of urea groups is 1. The van der Waals surface area contributed by atoms with Gasteiger partial charge in [0.15, 0.2) is 0 Å². The third-order valence-corrected chi connectivity index (χ3v) is 4.64. The number of nitrogens with one attached hydrogen (secondary N) is 3. The average molecular weight is 280 g/mol. The van der Waals surface area contributed by atoms with Crippen molar-refractivity contribution < 1.29 is 9.59 Å². The maximum absolute atomic E-state index is 12.4. The van der Waals surface area contributed by atoms with Crippen LogP contribution in [0.2, 0.25) is 0 Å². The number of carbonyl (C=O) groups is 2. The van der Waals surface area contributed by atoms with Gasteiger partial charge < -0.3 is 20.9 Å². The van der Waals surface area contributed by atoms with E-state index in [0.717, 1.165) is 45.2 Å². The highest BCUT2D eigenvalue weighted by Gasteiger charge is 2.49. The van der Waals surface area contributed by atoms with Crippen molar-refractivity contribution in [3.8, 4) is 0 Å². The Morgan fingerprint density at radius 3 is 2.80 bits per heavy atom. The molecule has 0 aromatic carbocycles. The molecule has 0 bridgehead atoms. The van der Waals surface area contributed by atoms with Crippen LogP contribution < -0.4 is 16.0 Å². The molecule has 3 saturated heterocycles. The van der Waals surface area contributed by atoms with Gasteiger partial charge in [0.1, 0.15) is 6.04 Å². The highest BCUT2D eigenvalue weighted by molar-refractivity contribution is 5.94. The van der Waals surface area contributed by atoms with Gasteiger partial charge in [-0.25, -0.2) is 4.79 Å². The molecule has 6 nitrogen and oxygen atoms in total. The maximum Gasteiger partial charge on any atom is 0.318 e. The molecular weight excluding hydrogens is 256 g/mol. The van der Waals surface area contributed by atoms with Crippen LogP contribution in [0.15, 0.2) is 0 Å². The van der Waals surface area contributed by atoms with Crippen molar-refractivity contribution in [2.45, 2.75) is 56.7 Å². The zero-order chi connectivity index (χ0) is 13.9. The molecule has 3 heterocycles. The summed E-state index contributed by atoms with van der Waals surface area (Å²) in [5, 5.41) is 9.40. The number of nitrogens with zero attached hydrogens (tertiary/aromatic N) is 1. The zero-order valence-corrected chi connectivity index (χ0v) is 11.9. The molecule has 0 aromatic rings. The summed E-state index contributed by atoms with van der Waals surface area (Å²) in [6.45, 7) is 2.80. The van der Waals surface area contributed by atoms with E-state index in [1.807, 2.05) is 0 Å². The highest BCUT2D eigenvalue weighted by atomic mass is 16.2. The predicted octanol–water partition coefficient (Wildman–Crippen LogP) is 0.191. The first-order valence-corrected chi connectivity index (χ1v) is 7.84. The normalized spacial score (nSPS) is 34.1. The van der Waals surface area contributed by atoms with E-state index in [4.69, 9.17) is 0 Å². The van der Waals surface area contributed by atoms with Gasteiger partial charge in [0, 0.05) is 12.6 Å². The van der Waals surface area contributed by atoms with Gasteiger partial charge >= 0.3 is 6.03 Å². The minimum Gasteiger partial charge on any atom is -0.349 e. The Balaban J connectivity index is 1.53. The molecule has 3 atom stereocenters. The summed E-state index contributed by atoms with van der Waals surface area (Å²) in [4.78, 5) is 25.6. The summed E-state index contributed by atoms with van der Waals surface area (Å²) in [5.41, 5.74) is 0. The molecule has 3 N–H and O–H groups in total. The van der Waals surface area contributed by atoms with Gasteiger partial charge in [-0.1, -0.05) is 6.42 Å². The van der Waals surface area contributed by atoms with Crippen LogP contribution in [-0.2, 0) is 4.79 Å². The van der Waals surface area contributed by atoms with Crippen molar-refractivity contribution in [2.24, 2.45) is 0 Å². The van der Waals surface area contributed by atoms with E-state index >= 15 is 0 Å². The van der Waals surface area contributed by atoms with Crippen LogP contribution in [0.5, 0.6) is 0 Å². The third-order valence-electron chi connectivity index (χ3n) is 4.64. The van der Waals surface area contributed by atoms with Crippen LogP contribution in [0.4, 0.5) is 4.79 Å². The van der Waals surface area contributed by atoms with Crippen LogP contribution in [0.1, 0.15) is 38.5 Å². The SMILES string of the molecule is O=C1N[C@@H]2CCN(C(=O)NC3CCCCNCCC3)[C@H]12. The number of amides is 3. The van der Waals surface area contributed by atoms with Crippen molar-refractivity contribution in [3.63, 3.8) is 0 Å². The summed E-state index contributed by atoms with van der Waals surface area (Å²) >= 11 is 0. The van der Waals surface area contributed by atoms with E-state index in [9.17, 15) is 9.59 Å². The molecule has 3 aliphatic rings. The Morgan fingerprint density at radius 2 is 1.95 bits per heavy atom. The van der Waals surface area contributed by atoms with Gasteiger partial charge in [0.2, 0.25) is 5.91 Å². The van der Waals surface area contributed by atoms with E-state index in [2.05, 4.69) is 16.0 Å². The van der Waals surface area contributed by atoms with Crippen LogP contribution in [0, 0.1) is 0 Å². The Hall–Kier alpha value is -1.30. The molecule has 3 rings (SSSR count). The van der Waals surface area contributed by atoms with Crippen LogP contribution >= 0.6 is 0 Å². The Labute approximate surface area is 119 Å². The number of fused-ring (bicyclic) bond motifs is 1. The minimum absolute atomic E-state index is 0.00122. The molecule has 0 spiro atoms. The van der Waals surface area contributed by atoms with Gasteiger partial charge in [-0.15, -0.1) is 0 Å². The quantitative estimate of drug-likeness (QED) is 0.600. The minimum atomic E-state index is -0.215. The lowest BCUT2D eigenvalue weighted by atomic mass is 10.0. The fraction of sp³-hybridized carbons (Fsp3) is 0.857. The molecule has 112 valence electrons. The van der Waals surface area contributed by atoms with Gasteiger partial charge in [-0.05, 0) is 45.2 Å². The molecule has 20 heavy (non-hydrogen) atoms. The van der Waals surface area contributed by atoms with Crippen molar-refractivity contribution in [1.29, 1.82) is 0 Å². The second kappa shape index (κ2) is 5.99. The summed E-state index contributed by atoms with van der Waals surface area (Å²) in [6, 6.07) is 0.181. The van der Waals surface area contributed by atoms with E-state index in [-0.39, 0.29) is 30.1 Å². The zero-order valence-electron chi connectivity index (χ0n) is 11.9. The number of hydrogen-bond acceptors (Lipinski definition) is 3. The Morgan fingerprint density at radius 1 is 1.15 bits per heavy atom. The summed E-state index contributed by atoms with van der Waals surface area (Å²) < 4.78 is 0. The largest absolute Gasteiger partial charge is 0.349 e. The first-order chi connectivity index (χ1) is 9.75. The van der Waals surface area contributed by atoms with Crippen LogP contribution in [0.3, 0.4) is 0 Å². The summed E-state index contributed by atoms with van der Waals surface area (Å²) in [5.74, 6) is 0.00122. The molecule has 0 radical (unpaired) electrons. The lowest BCUT2D eigenvalue weighted by Crippen LogP contribution is -2.66. The first kappa shape index (κ1) is 13.7. The molecule has 6 heteroatoms. The second-order valence-electron chi connectivity index (χ2n) is 6.08. The Kier molecular flexibility index (Phi) is 4.10. The average Bonchev–Trinajstić information content (AvgIpc) is 2.82. The standard InChI is InChI=1S/C14H24N4O2/c19-13-12-11(17-13)6-9-18(12)14(20)16-10-4-1-2-7-15-8-3-5-10/h10-12,15H,1-9H2,(H,16,20)(H,17,19)/t10?,11-,12+/m1/s1. The lowest BCUT2D eigenvalue weighted by molar-refractivity contribution is -0.132. The molecule has 1 unspecified atom stereocenters. The van der Waals surface area contributed by atoms with Gasteiger partial charge in [0.05, 0.1) is 6.04 Å². The third kappa shape index (κ3) is 2.75. The second-order valence-corrected chi connectivity index (χ2v) is 6.08. The number of hydrogen-bond donors (Lipinski definition) is 3. The molecule has 3 aliphatic heterocycles. The number of β-lactam (4-membered cyclic amide) rings is 1. The fourth-order valence-corrected chi connectivity index (χ4v) is 3.45. The summed E-state index contributed by atoms with van der Waals surface area (Å²) in [7, 11) is 0. The topological polar surface area (TPSA) is 73.5 Å². The van der Waals surface area contributed by atoms with Crippen molar-refractivity contribution in [2.75, 3.05) is 19.6 Å². The van der Waals surface area contributed by atoms with Crippen LogP contribution in [-0.4, -0.2) is 54.6 Å². The van der Waals surface area contributed by atoms with E-state index in [1.165, 1.54) is 6.42 Å². The Bertz CT molecular complexity index is 377. The smallest absolute Gasteiger partial charge is 0.318 e.